The average molecular weight is 304 g/mol. The van der Waals surface area contributed by atoms with E-state index in [1.165, 1.54) is 11.1 Å². The van der Waals surface area contributed by atoms with Gasteiger partial charge in [-0.15, -0.1) is 0 Å². The second-order valence-electron chi connectivity index (χ2n) is 6.84. The summed E-state index contributed by atoms with van der Waals surface area (Å²) in [6.07, 6.45) is -0.413. The number of nitrogens with zero attached hydrogens (tertiary/aromatic N) is 1. The lowest BCUT2D eigenvalue weighted by Crippen LogP contribution is -2.29. The van der Waals surface area contributed by atoms with Gasteiger partial charge in [0.1, 0.15) is 0 Å². The number of benzene rings is 2. The fourth-order valence-electron chi connectivity index (χ4n) is 4.37. The Morgan fingerprint density at radius 2 is 1.48 bits per heavy atom. The summed E-state index contributed by atoms with van der Waals surface area (Å²) in [5.41, 5.74) is 3.59. The van der Waals surface area contributed by atoms with E-state index in [9.17, 15) is 5.11 Å². The van der Waals surface area contributed by atoms with Crippen LogP contribution in [0.4, 0.5) is 0 Å². The highest BCUT2D eigenvalue weighted by molar-refractivity contribution is 5.43. The Bertz CT molecular complexity index is 745. The Hall–Kier alpha value is -1.94. The largest absolute Gasteiger partial charge is 0.387 e. The van der Waals surface area contributed by atoms with Crippen LogP contribution in [0.25, 0.3) is 0 Å². The number of hydrogen-bond donors (Lipinski definition) is 2. The van der Waals surface area contributed by atoms with Crippen molar-refractivity contribution in [1.29, 1.82) is 0 Å². The van der Waals surface area contributed by atoms with Crippen molar-refractivity contribution in [1.82, 2.24) is 10.2 Å². The molecule has 0 bridgehead atoms. The maximum atomic E-state index is 10.6. The molecule has 23 heavy (non-hydrogen) atoms. The van der Waals surface area contributed by atoms with Crippen LogP contribution in [0.3, 0.4) is 0 Å². The van der Waals surface area contributed by atoms with Crippen LogP contribution in [0.1, 0.15) is 23.2 Å². The summed E-state index contributed by atoms with van der Waals surface area (Å²) in [6, 6.07) is 22.5. The van der Waals surface area contributed by atoms with Gasteiger partial charge in [-0.3, -0.25) is 4.90 Å². The fraction of sp³-hybridized carbons (Fsp3) is 0.300. The predicted molar refractivity (Wildman–Crippen MR) is 89.9 cm³/mol. The van der Waals surface area contributed by atoms with Crippen molar-refractivity contribution in [3.05, 3.63) is 83.9 Å². The second-order valence-corrected chi connectivity index (χ2v) is 6.84. The molecule has 0 aliphatic carbocycles. The quantitative estimate of drug-likeness (QED) is 0.676. The van der Waals surface area contributed by atoms with Gasteiger partial charge in [-0.25, -0.2) is 0 Å². The highest BCUT2D eigenvalue weighted by atomic mass is 16.3. The number of aliphatic hydroxyl groups is 1. The molecule has 7 unspecified atom stereocenters. The topological polar surface area (TPSA) is 45.2 Å². The molecule has 0 aromatic heterocycles. The van der Waals surface area contributed by atoms with Gasteiger partial charge in [0.2, 0.25) is 0 Å². The first-order chi connectivity index (χ1) is 11.3. The molecule has 0 saturated carbocycles. The number of nitrogens with one attached hydrogen (secondary N) is 1. The van der Waals surface area contributed by atoms with Crippen molar-refractivity contribution >= 4 is 0 Å². The summed E-state index contributed by atoms with van der Waals surface area (Å²) >= 11 is 0. The van der Waals surface area contributed by atoms with Gasteiger partial charge in [0, 0.05) is 12.1 Å². The van der Waals surface area contributed by atoms with Gasteiger partial charge in [-0.1, -0.05) is 67.2 Å². The summed E-state index contributed by atoms with van der Waals surface area (Å²) in [5.74, 6) is 0. The van der Waals surface area contributed by atoms with E-state index in [1.54, 1.807) is 0 Å². The number of hydrogen-bond acceptors (Lipinski definition) is 3. The van der Waals surface area contributed by atoms with E-state index in [0.29, 0.717) is 18.1 Å². The smallest absolute Gasteiger partial charge is 0.0937 e. The molecular weight excluding hydrogens is 284 g/mol. The molecule has 116 valence electrons. The first-order valence-corrected chi connectivity index (χ1v) is 8.27. The van der Waals surface area contributed by atoms with Gasteiger partial charge in [-0.05, 0) is 16.7 Å². The molecule has 3 heterocycles. The van der Waals surface area contributed by atoms with Crippen molar-refractivity contribution < 1.29 is 5.11 Å². The molecule has 7 atom stereocenters. The molecule has 0 amide bonds. The highest BCUT2D eigenvalue weighted by Gasteiger charge is 2.67. The Morgan fingerprint density at radius 1 is 0.870 bits per heavy atom. The Morgan fingerprint density at radius 3 is 2.13 bits per heavy atom. The minimum Gasteiger partial charge on any atom is -0.387 e. The Kier molecular flexibility index (Phi) is 2.80. The Labute approximate surface area is 136 Å². The molecule has 0 spiro atoms. The van der Waals surface area contributed by atoms with E-state index < -0.39 is 6.10 Å². The van der Waals surface area contributed by atoms with E-state index in [-0.39, 0.29) is 12.1 Å². The van der Waals surface area contributed by atoms with Gasteiger partial charge in [0.05, 0.1) is 24.2 Å². The number of rotatable bonds is 3. The highest BCUT2D eigenvalue weighted by Crippen LogP contribution is 2.57. The molecule has 3 aliphatic rings. The minimum absolute atomic E-state index is 0.203. The summed E-state index contributed by atoms with van der Waals surface area (Å²) in [4.78, 5) is 2.43. The van der Waals surface area contributed by atoms with Crippen LogP contribution >= 0.6 is 0 Å². The zero-order valence-electron chi connectivity index (χ0n) is 12.8. The molecule has 2 N–H and O–H groups in total. The molecular formula is C20H20N2O. The SMILES string of the molecule is C=C1C(O)C2C(c3ccccc3)N2C1C1NC1c1ccccc1. The van der Waals surface area contributed by atoms with E-state index in [0.717, 1.165) is 5.57 Å². The standard InChI is InChI=1S/C20H20N2O/c1-12-17(16-15(21-16)13-8-4-2-5-9-13)22-18(19(22)20(12)23)14-10-6-3-7-11-14/h2-11,15-21,23H,1H2. The lowest BCUT2D eigenvalue weighted by Gasteiger charge is -2.19. The molecule has 0 radical (unpaired) electrons. The zero-order chi connectivity index (χ0) is 15.6. The van der Waals surface area contributed by atoms with Gasteiger partial charge >= 0.3 is 0 Å². The van der Waals surface area contributed by atoms with Crippen molar-refractivity contribution in [3.8, 4) is 0 Å². The van der Waals surface area contributed by atoms with Gasteiger partial charge < -0.3 is 10.4 Å². The number of fused-ring (bicyclic) bond motifs is 1. The molecule has 2 aromatic rings. The Balaban J connectivity index is 1.40. The predicted octanol–water partition coefficient (Wildman–Crippen LogP) is 2.42. The molecule has 5 rings (SSSR count). The monoisotopic (exact) mass is 304 g/mol. The lowest BCUT2D eigenvalue weighted by molar-refractivity contribution is 0.213. The summed E-state index contributed by atoms with van der Waals surface area (Å²) in [5, 5.41) is 14.2. The first kappa shape index (κ1) is 13.5. The van der Waals surface area contributed by atoms with E-state index in [4.69, 9.17) is 0 Å². The van der Waals surface area contributed by atoms with E-state index >= 15 is 0 Å². The van der Waals surface area contributed by atoms with E-state index in [1.807, 2.05) is 12.1 Å². The lowest BCUT2D eigenvalue weighted by atomic mass is 9.94. The molecule has 3 nitrogen and oxygen atoms in total. The average Bonchev–Trinajstić information content (AvgIpc) is 3.50. The maximum Gasteiger partial charge on any atom is 0.0937 e. The normalized spacial score (nSPS) is 40.7. The van der Waals surface area contributed by atoms with Crippen molar-refractivity contribution in [2.24, 2.45) is 0 Å². The van der Waals surface area contributed by atoms with Crippen LogP contribution in [0.15, 0.2) is 72.8 Å². The summed E-state index contributed by atoms with van der Waals surface area (Å²) < 4.78 is 0. The molecule has 3 heteroatoms. The molecule has 3 aliphatic heterocycles. The van der Waals surface area contributed by atoms with Crippen molar-refractivity contribution in [2.75, 3.05) is 0 Å². The molecule has 2 aromatic carbocycles. The van der Waals surface area contributed by atoms with Crippen LogP contribution in [0, 0.1) is 0 Å². The fourth-order valence-corrected chi connectivity index (χ4v) is 4.37. The third-order valence-corrected chi connectivity index (χ3v) is 5.57. The van der Waals surface area contributed by atoms with Crippen LogP contribution in [-0.2, 0) is 0 Å². The van der Waals surface area contributed by atoms with Gasteiger partial charge in [0.25, 0.3) is 0 Å². The third-order valence-electron chi connectivity index (χ3n) is 5.57. The minimum atomic E-state index is -0.413. The second kappa shape index (κ2) is 4.78. The third kappa shape index (κ3) is 1.94. The van der Waals surface area contributed by atoms with Crippen LogP contribution in [-0.4, -0.2) is 34.2 Å². The van der Waals surface area contributed by atoms with Crippen LogP contribution < -0.4 is 5.32 Å². The summed E-state index contributed by atoms with van der Waals surface area (Å²) in [7, 11) is 0. The van der Waals surface area contributed by atoms with Crippen LogP contribution in [0.2, 0.25) is 0 Å². The van der Waals surface area contributed by atoms with Crippen LogP contribution in [0.5, 0.6) is 0 Å². The van der Waals surface area contributed by atoms with Crippen molar-refractivity contribution in [2.45, 2.75) is 36.3 Å². The van der Waals surface area contributed by atoms with E-state index in [2.05, 4.69) is 65.3 Å². The molecule has 3 saturated heterocycles. The maximum absolute atomic E-state index is 10.6. The van der Waals surface area contributed by atoms with Crippen molar-refractivity contribution in [3.63, 3.8) is 0 Å². The van der Waals surface area contributed by atoms with Gasteiger partial charge in [0.15, 0.2) is 0 Å². The summed E-state index contributed by atoms with van der Waals surface area (Å²) in [6.45, 7) is 4.18. The first-order valence-electron chi connectivity index (χ1n) is 8.27. The van der Waals surface area contributed by atoms with Gasteiger partial charge in [-0.2, -0.15) is 0 Å². The zero-order valence-corrected chi connectivity index (χ0v) is 12.8. The number of aliphatic hydroxyl groups excluding tert-OH is 1. The number of piperidine rings is 1. The molecule has 3 fully saturated rings.